The van der Waals surface area contributed by atoms with E-state index in [1.807, 2.05) is 0 Å². The fourth-order valence-electron chi connectivity index (χ4n) is 4.25. The Morgan fingerprint density at radius 2 is 2.06 bits per heavy atom. The van der Waals surface area contributed by atoms with Crippen molar-refractivity contribution in [3.8, 4) is 0 Å². The predicted octanol–water partition coefficient (Wildman–Crippen LogP) is 1.86. The first kappa shape index (κ1) is 14.3. The van der Waals surface area contributed by atoms with Gasteiger partial charge >= 0.3 is 0 Å². The molecule has 2 rings (SSSR count). The van der Waals surface area contributed by atoms with Crippen LogP contribution in [0.15, 0.2) is 0 Å². The number of aliphatic hydroxyl groups excluding tert-OH is 1. The van der Waals surface area contributed by atoms with Crippen LogP contribution in [0.3, 0.4) is 0 Å². The Labute approximate surface area is 112 Å². The van der Waals surface area contributed by atoms with E-state index in [1.54, 1.807) is 0 Å². The molecule has 1 saturated heterocycles. The molecule has 0 amide bonds. The van der Waals surface area contributed by atoms with Gasteiger partial charge in [0.1, 0.15) is 0 Å². The van der Waals surface area contributed by atoms with Crippen molar-refractivity contribution in [2.45, 2.75) is 58.0 Å². The number of hydrogen-bond acceptors (Lipinski definition) is 3. The first-order chi connectivity index (χ1) is 8.58. The average molecular weight is 254 g/mol. The fourth-order valence-corrected chi connectivity index (χ4v) is 4.25. The average Bonchev–Trinajstić information content (AvgIpc) is 2.75. The van der Waals surface area contributed by atoms with Crippen LogP contribution >= 0.6 is 0 Å². The van der Waals surface area contributed by atoms with Gasteiger partial charge in [-0.2, -0.15) is 0 Å². The molecule has 1 aliphatic heterocycles. The molecule has 2 N–H and O–H groups in total. The molecule has 2 aliphatic rings. The highest BCUT2D eigenvalue weighted by atomic mass is 16.3. The quantitative estimate of drug-likeness (QED) is 0.804. The lowest BCUT2D eigenvalue weighted by molar-refractivity contribution is 0.0684. The van der Waals surface area contributed by atoms with Gasteiger partial charge in [-0.1, -0.05) is 20.3 Å². The summed E-state index contributed by atoms with van der Waals surface area (Å²) in [5.74, 6) is 0.742. The molecule has 1 saturated carbocycles. The highest BCUT2D eigenvalue weighted by Crippen LogP contribution is 2.39. The molecule has 0 spiro atoms. The zero-order valence-electron chi connectivity index (χ0n) is 12.3. The summed E-state index contributed by atoms with van der Waals surface area (Å²) in [7, 11) is 2.11. The van der Waals surface area contributed by atoms with Gasteiger partial charge in [0, 0.05) is 18.6 Å². The van der Waals surface area contributed by atoms with Gasteiger partial charge in [0.25, 0.3) is 0 Å². The zero-order valence-corrected chi connectivity index (χ0v) is 12.3. The van der Waals surface area contributed by atoms with Crippen LogP contribution in [0, 0.1) is 11.3 Å². The van der Waals surface area contributed by atoms with E-state index >= 15 is 0 Å². The lowest BCUT2D eigenvalue weighted by Gasteiger charge is -2.45. The predicted molar refractivity (Wildman–Crippen MR) is 75.7 cm³/mol. The van der Waals surface area contributed by atoms with Crippen LogP contribution in [0.5, 0.6) is 0 Å². The number of rotatable bonds is 4. The summed E-state index contributed by atoms with van der Waals surface area (Å²) in [5, 5.41) is 13.0. The molecular formula is C15H30N2O. The summed E-state index contributed by atoms with van der Waals surface area (Å²) in [4.78, 5) is 2.52. The number of nitrogens with one attached hydrogen (secondary N) is 1. The maximum absolute atomic E-state index is 9.43. The molecule has 18 heavy (non-hydrogen) atoms. The molecule has 0 aromatic rings. The summed E-state index contributed by atoms with van der Waals surface area (Å²) in [6, 6.07) is 1.04. The standard InChI is InChI=1S/C15H30N2O/c1-15(2)8-4-6-12(14(15)16-3)10-17-9-5-7-13(17)11-18/h12-14,16,18H,4-11H2,1-3H3. The molecule has 3 heteroatoms. The second-order valence-corrected chi connectivity index (χ2v) is 6.88. The minimum absolute atomic E-state index is 0.334. The van der Waals surface area contributed by atoms with E-state index in [9.17, 15) is 5.11 Å². The van der Waals surface area contributed by atoms with Gasteiger partial charge in [0.15, 0.2) is 0 Å². The summed E-state index contributed by atoms with van der Waals surface area (Å²) in [5.41, 5.74) is 0.409. The normalized spacial score (nSPS) is 37.0. The zero-order chi connectivity index (χ0) is 13.2. The van der Waals surface area contributed by atoms with Crippen LogP contribution in [0.2, 0.25) is 0 Å². The van der Waals surface area contributed by atoms with Crippen molar-refractivity contribution in [3.63, 3.8) is 0 Å². The van der Waals surface area contributed by atoms with Crippen molar-refractivity contribution in [1.82, 2.24) is 10.2 Å². The Morgan fingerprint density at radius 1 is 1.28 bits per heavy atom. The first-order valence-electron chi connectivity index (χ1n) is 7.60. The monoisotopic (exact) mass is 254 g/mol. The van der Waals surface area contributed by atoms with E-state index in [0.717, 1.165) is 5.92 Å². The SMILES string of the molecule is CNC1C(CN2CCCC2CO)CCCC1(C)C. The van der Waals surface area contributed by atoms with E-state index in [2.05, 4.69) is 31.1 Å². The summed E-state index contributed by atoms with van der Waals surface area (Å²) >= 11 is 0. The van der Waals surface area contributed by atoms with Crippen molar-refractivity contribution < 1.29 is 5.11 Å². The van der Waals surface area contributed by atoms with E-state index in [1.165, 1.54) is 45.2 Å². The molecule has 1 heterocycles. The van der Waals surface area contributed by atoms with Crippen molar-refractivity contribution in [1.29, 1.82) is 0 Å². The van der Waals surface area contributed by atoms with Crippen LogP contribution < -0.4 is 5.32 Å². The van der Waals surface area contributed by atoms with Crippen LogP contribution in [-0.2, 0) is 0 Å². The van der Waals surface area contributed by atoms with Gasteiger partial charge < -0.3 is 10.4 Å². The summed E-state index contributed by atoms with van der Waals surface area (Å²) in [6.45, 7) is 7.47. The van der Waals surface area contributed by atoms with E-state index in [0.29, 0.717) is 24.1 Å². The molecule has 3 atom stereocenters. The lowest BCUT2D eigenvalue weighted by atomic mass is 9.68. The number of aliphatic hydroxyl groups is 1. The highest BCUT2D eigenvalue weighted by molar-refractivity contribution is 4.95. The third-order valence-corrected chi connectivity index (χ3v) is 5.20. The minimum atomic E-state index is 0.334. The van der Waals surface area contributed by atoms with Gasteiger partial charge in [-0.05, 0) is 50.6 Å². The van der Waals surface area contributed by atoms with Gasteiger partial charge in [-0.25, -0.2) is 0 Å². The Morgan fingerprint density at radius 3 is 2.72 bits per heavy atom. The van der Waals surface area contributed by atoms with Gasteiger partial charge in [0.2, 0.25) is 0 Å². The highest BCUT2D eigenvalue weighted by Gasteiger charge is 2.39. The molecule has 3 nitrogen and oxygen atoms in total. The maximum atomic E-state index is 9.43. The second-order valence-electron chi connectivity index (χ2n) is 6.88. The molecule has 2 fully saturated rings. The topological polar surface area (TPSA) is 35.5 Å². The maximum Gasteiger partial charge on any atom is 0.0586 e. The molecule has 0 aromatic carbocycles. The lowest BCUT2D eigenvalue weighted by Crippen LogP contribution is -2.52. The van der Waals surface area contributed by atoms with Crippen molar-refractivity contribution in [2.24, 2.45) is 11.3 Å². The Balaban J connectivity index is 1.98. The number of hydrogen-bond donors (Lipinski definition) is 2. The molecule has 0 radical (unpaired) electrons. The van der Waals surface area contributed by atoms with Crippen LogP contribution in [-0.4, -0.2) is 48.8 Å². The van der Waals surface area contributed by atoms with Crippen LogP contribution in [0.1, 0.15) is 46.0 Å². The van der Waals surface area contributed by atoms with Crippen molar-refractivity contribution in [3.05, 3.63) is 0 Å². The summed E-state index contributed by atoms with van der Waals surface area (Å²) < 4.78 is 0. The Bertz CT molecular complexity index is 267. The summed E-state index contributed by atoms with van der Waals surface area (Å²) in [6.07, 6.45) is 6.46. The Hall–Kier alpha value is -0.120. The van der Waals surface area contributed by atoms with Crippen molar-refractivity contribution in [2.75, 3.05) is 26.7 Å². The fraction of sp³-hybridized carbons (Fsp3) is 1.00. The second kappa shape index (κ2) is 5.89. The van der Waals surface area contributed by atoms with Crippen LogP contribution in [0.25, 0.3) is 0 Å². The van der Waals surface area contributed by atoms with Gasteiger partial charge in [-0.15, -0.1) is 0 Å². The van der Waals surface area contributed by atoms with Crippen LogP contribution in [0.4, 0.5) is 0 Å². The molecular weight excluding hydrogens is 224 g/mol. The molecule has 106 valence electrons. The molecule has 1 aliphatic carbocycles. The largest absolute Gasteiger partial charge is 0.395 e. The molecule has 0 bridgehead atoms. The van der Waals surface area contributed by atoms with E-state index in [4.69, 9.17) is 0 Å². The van der Waals surface area contributed by atoms with Crippen molar-refractivity contribution >= 4 is 0 Å². The minimum Gasteiger partial charge on any atom is -0.395 e. The Kier molecular flexibility index (Phi) is 4.68. The third-order valence-electron chi connectivity index (χ3n) is 5.20. The van der Waals surface area contributed by atoms with Gasteiger partial charge in [-0.3, -0.25) is 4.90 Å². The number of likely N-dealkylation sites (tertiary alicyclic amines) is 1. The van der Waals surface area contributed by atoms with Gasteiger partial charge in [0.05, 0.1) is 6.61 Å². The molecule has 0 aromatic heterocycles. The third kappa shape index (κ3) is 2.89. The smallest absolute Gasteiger partial charge is 0.0586 e. The van der Waals surface area contributed by atoms with E-state index in [-0.39, 0.29) is 0 Å². The molecule has 3 unspecified atom stereocenters. The van der Waals surface area contributed by atoms with E-state index < -0.39 is 0 Å². The first-order valence-corrected chi connectivity index (χ1v) is 7.60. The number of nitrogens with zero attached hydrogens (tertiary/aromatic N) is 1.